The zero-order chi connectivity index (χ0) is 20.0. The van der Waals surface area contributed by atoms with Gasteiger partial charge in [0.2, 0.25) is 0 Å². The van der Waals surface area contributed by atoms with Crippen LogP contribution in [-0.4, -0.2) is 0 Å². The summed E-state index contributed by atoms with van der Waals surface area (Å²) in [6.45, 7) is 0. The fourth-order valence-corrected chi connectivity index (χ4v) is 8.43. The monoisotopic (exact) mass is 474 g/mol. The van der Waals surface area contributed by atoms with Crippen LogP contribution in [0.25, 0.3) is 22.3 Å². The molecular weight excluding hydrogens is 452 g/mol. The Labute approximate surface area is 191 Å². The number of benzene rings is 3. The van der Waals surface area contributed by atoms with Crippen LogP contribution in [-0.2, 0) is 5.41 Å². The van der Waals surface area contributed by atoms with E-state index in [0.717, 1.165) is 33.2 Å². The van der Waals surface area contributed by atoms with Crippen molar-refractivity contribution >= 4 is 27.5 Å². The highest BCUT2D eigenvalue weighted by Gasteiger charge is 2.61. The molecular formula is C28H24BrCl. The molecule has 0 aliphatic heterocycles. The molecule has 0 heterocycles. The van der Waals surface area contributed by atoms with Crippen molar-refractivity contribution in [3.05, 3.63) is 81.3 Å². The summed E-state index contributed by atoms with van der Waals surface area (Å²) in [7, 11) is 0. The van der Waals surface area contributed by atoms with Crippen LogP contribution in [0.4, 0.5) is 0 Å². The minimum atomic E-state index is 0.202. The first-order chi connectivity index (χ1) is 14.6. The zero-order valence-corrected chi connectivity index (χ0v) is 19.2. The summed E-state index contributed by atoms with van der Waals surface area (Å²) in [5.74, 6) is 3.50. The molecule has 0 unspecified atom stereocenters. The molecule has 150 valence electrons. The average molecular weight is 476 g/mol. The Hall–Kier alpha value is -1.57. The molecule has 30 heavy (non-hydrogen) atoms. The van der Waals surface area contributed by atoms with Crippen molar-refractivity contribution in [1.82, 2.24) is 0 Å². The maximum Gasteiger partial charge on any atom is 0.0412 e. The number of rotatable bonds is 1. The van der Waals surface area contributed by atoms with E-state index in [1.807, 2.05) is 0 Å². The Kier molecular flexibility index (Phi) is 3.75. The Bertz CT molecular complexity index is 1150. The molecule has 0 nitrogen and oxygen atoms in total. The van der Waals surface area contributed by atoms with Crippen molar-refractivity contribution in [3.63, 3.8) is 0 Å². The predicted octanol–water partition coefficient (Wildman–Crippen LogP) is 8.49. The van der Waals surface area contributed by atoms with Gasteiger partial charge in [0.05, 0.1) is 0 Å². The normalized spacial score (nSPS) is 32.5. The summed E-state index contributed by atoms with van der Waals surface area (Å²) in [5.41, 5.74) is 8.83. The second kappa shape index (κ2) is 6.24. The van der Waals surface area contributed by atoms with Crippen molar-refractivity contribution in [2.24, 2.45) is 23.7 Å². The molecule has 5 aliphatic carbocycles. The Balaban J connectivity index is 1.49. The lowest BCUT2D eigenvalue weighted by molar-refractivity contribution is -0.0399. The van der Waals surface area contributed by atoms with Gasteiger partial charge in [0, 0.05) is 14.9 Å². The molecule has 0 radical (unpaired) electrons. The highest BCUT2D eigenvalue weighted by atomic mass is 79.9. The lowest BCUT2D eigenvalue weighted by Crippen LogP contribution is -2.55. The lowest BCUT2D eigenvalue weighted by atomic mass is 9.43. The molecule has 3 aromatic carbocycles. The third-order valence-corrected chi connectivity index (χ3v) is 9.55. The third-order valence-electron chi connectivity index (χ3n) is 8.79. The largest absolute Gasteiger partial charge is 0.0843 e. The van der Waals surface area contributed by atoms with E-state index < -0.39 is 0 Å². The van der Waals surface area contributed by atoms with Crippen LogP contribution in [0.2, 0.25) is 5.02 Å². The smallest absolute Gasteiger partial charge is 0.0412 e. The van der Waals surface area contributed by atoms with Crippen molar-refractivity contribution < 1.29 is 0 Å². The predicted molar refractivity (Wildman–Crippen MR) is 128 cm³/mol. The fourth-order valence-electron chi connectivity index (χ4n) is 8.00. The first kappa shape index (κ1) is 18.0. The molecule has 0 saturated heterocycles. The van der Waals surface area contributed by atoms with Gasteiger partial charge in [0.1, 0.15) is 0 Å². The minimum absolute atomic E-state index is 0.202. The summed E-state index contributed by atoms with van der Waals surface area (Å²) in [6.07, 6.45) is 7.14. The van der Waals surface area contributed by atoms with Crippen LogP contribution in [0.15, 0.2) is 65.1 Å². The lowest BCUT2D eigenvalue weighted by Gasteiger charge is -2.61. The molecule has 4 saturated carbocycles. The molecule has 0 atom stereocenters. The van der Waals surface area contributed by atoms with E-state index in [1.165, 1.54) is 54.4 Å². The average Bonchev–Trinajstić information content (AvgIpc) is 3.02. The molecule has 3 aromatic rings. The maximum atomic E-state index is 6.51. The standard InChI is InChI=1S/C28H24BrCl/c29-22-4-1-18(2-5-22)19-3-7-24-25-15-23(30)6-8-26(25)28(27(24)14-19)20-10-16-9-17(12-20)13-21(28)11-16/h1-8,14-17,20-21H,9-13H2. The fraction of sp³-hybridized carbons (Fsp3) is 0.357. The van der Waals surface area contributed by atoms with Gasteiger partial charge in [-0.1, -0.05) is 57.9 Å². The second-order valence-electron chi connectivity index (χ2n) is 10.1. The molecule has 0 N–H and O–H groups in total. The van der Waals surface area contributed by atoms with E-state index in [4.69, 9.17) is 11.6 Å². The summed E-state index contributed by atoms with van der Waals surface area (Å²) in [4.78, 5) is 0. The third kappa shape index (κ3) is 2.29. The SMILES string of the molecule is Clc1ccc2c(c1)-c1ccc(-c3ccc(Br)cc3)cc1C21C2CC3CC(C2)CC1C3. The van der Waals surface area contributed by atoms with E-state index in [2.05, 4.69) is 76.6 Å². The van der Waals surface area contributed by atoms with Crippen LogP contribution in [0.1, 0.15) is 43.2 Å². The highest BCUT2D eigenvalue weighted by Crippen LogP contribution is 2.69. The Morgan fingerprint density at radius 3 is 2.03 bits per heavy atom. The van der Waals surface area contributed by atoms with Crippen LogP contribution >= 0.6 is 27.5 Å². The van der Waals surface area contributed by atoms with Crippen molar-refractivity contribution in [2.45, 2.75) is 37.5 Å². The van der Waals surface area contributed by atoms with Gasteiger partial charge < -0.3 is 0 Å². The molecule has 0 amide bonds. The minimum Gasteiger partial charge on any atom is -0.0843 e. The quantitative estimate of drug-likeness (QED) is 0.331. The Morgan fingerprint density at radius 2 is 1.33 bits per heavy atom. The van der Waals surface area contributed by atoms with Gasteiger partial charge in [-0.3, -0.25) is 0 Å². The van der Waals surface area contributed by atoms with Gasteiger partial charge >= 0.3 is 0 Å². The second-order valence-corrected chi connectivity index (χ2v) is 11.5. The van der Waals surface area contributed by atoms with Crippen LogP contribution in [0.5, 0.6) is 0 Å². The van der Waals surface area contributed by atoms with Gasteiger partial charge in [0.15, 0.2) is 0 Å². The molecule has 0 aromatic heterocycles. The van der Waals surface area contributed by atoms with E-state index in [0.29, 0.717) is 0 Å². The number of hydrogen-bond acceptors (Lipinski definition) is 0. The van der Waals surface area contributed by atoms with Crippen molar-refractivity contribution in [2.75, 3.05) is 0 Å². The zero-order valence-electron chi connectivity index (χ0n) is 16.9. The van der Waals surface area contributed by atoms with Crippen LogP contribution < -0.4 is 0 Å². The van der Waals surface area contributed by atoms with Crippen molar-refractivity contribution in [1.29, 1.82) is 0 Å². The topological polar surface area (TPSA) is 0 Å². The van der Waals surface area contributed by atoms with Gasteiger partial charge in [-0.25, -0.2) is 0 Å². The van der Waals surface area contributed by atoms with E-state index >= 15 is 0 Å². The first-order valence-corrected chi connectivity index (χ1v) is 12.5. The summed E-state index contributed by atoms with van der Waals surface area (Å²) >= 11 is 10.1. The summed E-state index contributed by atoms with van der Waals surface area (Å²) < 4.78 is 1.13. The van der Waals surface area contributed by atoms with Gasteiger partial charge in [-0.2, -0.15) is 0 Å². The van der Waals surface area contributed by atoms with Crippen molar-refractivity contribution in [3.8, 4) is 22.3 Å². The number of hydrogen-bond donors (Lipinski definition) is 0. The number of halogens is 2. The molecule has 1 spiro atoms. The molecule has 2 heteroatoms. The Morgan fingerprint density at radius 1 is 0.667 bits per heavy atom. The van der Waals surface area contributed by atoms with E-state index in [1.54, 1.807) is 11.1 Å². The molecule has 4 fully saturated rings. The van der Waals surface area contributed by atoms with Gasteiger partial charge in [-0.05, 0) is 119 Å². The van der Waals surface area contributed by atoms with Gasteiger partial charge in [0.25, 0.3) is 0 Å². The first-order valence-electron chi connectivity index (χ1n) is 11.3. The van der Waals surface area contributed by atoms with Gasteiger partial charge in [-0.15, -0.1) is 0 Å². The van der Waals surface area contributed by atoms with Crippen LogP contribution in [0.3, 0.4) is 0 Å². The maximum absolute atomic E-state index is 6.51. The molecule has 4 bridgehead atoms. The highest BCUT2D eigenvalue weighted by molar-refractivity contribution is 9.10. The van der Waals surface area contributed by atoms with E-state index in [9.17, 15) is 0 Å². The van der Waals surface area contributed by atoms with Crippen LogP contribution in [0, 0.1) is 23.7 Å². The summed E-state index contributed by atoms with van der Waals surface area (Å²) in [6, 6.07) is 22.7. The molecule has 5 aliphatic rings. The molecule has 8 rings (SSSR count). The summed E-state index contributed by atoms with van der Waals surface area (Å²) in [5, 5.41) is 0.859. The van der Waals surface area contributed by atoms with E-state index in [-0.39, 0.29) is 5.41 Å². The number of fused-ring (bicyclic) bond motifs is 3.